The topological polar surface area (TPSA) is 73.9 Å². The Morgan fingerprint density at radius 2 is 1.36 bits per heavy atom. The normalized spacial score (nSPS) is 10.3. The SMILES string of the molecule is CCCCNc1ccc(C(=O)OCCOCCOC(=O)c2ccccc2)cc1. The Morgan fingerprint density at radius 3 is 1.93 bits per heavy atom. The lowest BCUT2D eigenvalue weighted by Crippen LogP contribution is -2.14. The largest absolute Gasteiger partial charge is 0.460 e. The fourth-order valence-corrected chi connectivity index (χ4v) is 2.36. The third kappa shape index (κ3) is 7.80. The highest BCUT2D eigenvalue weighted by molar-refractivity contribution is 5.90. The van der Waals surface area contributed by atoms with Crippen molar-refractivity contribution < 1.29 is 23.8 Å². The van der Waals surface area contributed by atoms with Crippen LogP contribution in [0.4, 0.5) is 5.69 Å². The highest BCUT2D eigenvalue weighted by Crippen LogP contribution is 2.10. The minimum atomic E-state index is -0.390. The summed E-state index contributed by atoms with van der Waals surface area (Å²) in [5.74, 6) is -0.775. The van der Waals surface area contributed by atoms with Crippen LogP contribution in [0.25, 0.3) is 0 Å². The number of anilines is 1. The highest BCUT2D eigenvalue weighted by atomic mass is 16.6. The molecule has 2 aromatic carbocycles. The molecule has 6 heteroatoms. The molecule has 0 aromatic heterocycles. The van der Waals surface area contributed by atoms with E-state index in [1.54, 1.807) is 36.4 Å². The van der Waals surface area contributed by atoms with Crippen molar-refractivity contribution in [2.24, 2.45) is 0 Å². The highest BCUT2D eigenvalue weighted by Gasteiger charge is 2.07. The summed E-state index contributed by atoms with van der Waals surface area (Å²) in [7, 11) is 0. The average molecular weight is 385 g/mol. The number of carbonyl (C=O) groups excluding carboxylic acids is 2. The van der Waals surface area contributed by atoms with Crippen molar-refractivity contribution in [1.29, 1.82) is 0 Å². The van der Waals surface area contributed by atoms with E-state index in [1.165, 1.54) is 0 Å². The number of rotatable bonds is 12. The summed E-state index contributed by atoms with van der Waals surface area (Å²) in [6.45, 7) is 3.83. The Morgan fingerprint density at radius 1 is 0.786 bits per heavy atom. The molecule has 0 fully saturated rings. The van der Waals surface area contributed by atoms with E-state index < -0.39 is 0 Å². The van der Waals surface area contributed by atoms with Crippen LogP contribution in [0.3, 0.4) is 0 Å². The van der Waals surface area contributed by atoms with Gasteiger partial charge in [-0.25, -0.2) is 9.59 Å². The fraction of sp³-hybridized carbons (Fsp3) is 0.364. The number of unbranched alkanes of at least 4 members (excludes halogenated alkanes) is 1. The van der Waals surface area contributed by atoms with Gasteiger partial charge in [0.1, 0.15) is 13.2 Å². The van der Waals surface area contributed by atoms with E-state index in [9.17, 15) is 9.59 Å². The lowest BCUT2D eigenvalue weighted by atomic mass is 10.2. The van der Waals surface area contributed by atoms with Gasteiger partial charge in [0.2, 0.25) is 0 Å². The van der Waals surface area contributed by atoms with Crippen molar-refractivity contribution in [2.75, 3.05) is 38.3 Å². The summed E-state index contributed by atoms with van der Waals surface area (Å²) >= 11 is 0. The van der Waals surface area contributed by atoms with Gasteiger partial charge in [-0.05, 0) is 42.8 Å². The molecule has 0 spiro atoms. The van der Waals surface area contributed by atoms with Gasteiger partial charge < -0.3 is 19.5 Å². The zero-order chi connectivity index (χ0) is 20.0. The maximum Gasteiger partial charge on any atom is 0.338 e. The van der Waals surface area contributed by atoms with Crippen molar-refractivity contribution >= 4 is 17.6 Å². The van der Waals surface area contributed by atoms with Crippen LogP contribution < -0.4 is 5.32 Å². The van der Waals surface area contributed by atoms with Gasteiger partial charge in [-0.2, -0.15) is 0 Å². The predicted octanol–water partition coefficient (Wildman–Crippen LogP) is 3.93. The molecule has 28 heavy (non-hydrogen) atoms. The molecular formula is C22H27NO5. The maximum absolute atomic E-state index is 12.0. The van der Waals surface area contributed by atoms with Crippen LogP contribution in [0.5, 0.6) is 0 Å². The van der Waals surface area contributed by atoms with E-state index in [-0.39, 0.29) is 38.4 Å². The zero-order valence-corrected chi connectivity index (χ0v) is 16.2. The second kappa shape index (κ2) is 12.5. The van der Waals surface area contributed by atoms with Crippen LogP contribution in [0.1, 0.15) is 40.5 Å². The molecule has 0 aliphatic rings. The number of hydrogen-bond acceptors (Lipinski definition) is 6. The maximum atomic E-state index is 12.0. The predicted molar refractivity (Wildman–Crippen MR) is 108 cm³/mol. The van der Waals surface area contributed by atoms with Gasteiger partial charge in [0, 0.05) is 12.2 Å². The Balaban J connectivity index is 1.55. The van der Waals surface area contributed by atoms with Gasteiger partial charge >= 0.3 is 11.9 Å². The second-order valence-corrected chi connectivity index (χ2v) is 6.11. The Bertz CT molecular complexity index is 715. The molecular weight excluding hydrogens is 358 g/mol. The quantitative estimate of drug-likeness (QED) is 0.441. The molecule has 0 amide bonds. The molecule has 1 N–H and O–H groups in total. The molecule has 0 saturated carbocycles. The van der Waals surface area contributed by atoms with E-state index in [1.807, 2.05) is 18.2 Å². The van der Waals surface area contributed by atoms with E-state index in [0.717, 1.165) is 25.1 Å². The first kappa shape index (κ1) is 21.4. The summed E-state index contributed by atoms with van der Waals surface area (Å²) < 4.78 is 15.6. The summed E-state index contributed by atoms with van der Waals surface area (Å²) in [6.07, 6.45) is 2.24. The molecule has 0 radical (unpaired) electrons. The van der Waals surface area contributed by atoms with Gasteiger partial charge in [-0.1, -0.05) is 31.5 Å². The van der Waals surface area contributed by atoms with Crippen molar-refractivity contribution in [1.82, 2.24) is 0 Å². The standard InChI is InChI=1S/C22H27NO5/c1-2-3-13-23-20-11-9-19(10-12-20)22(25)28-17-15-26-14-16-27-21(24)18-7-5-4-6-8-18/h4-12,23H,2-3,13-17H2,1H3. The molecule has 0 atom stereocenters. The number of esters is 2. The van der Waals surface area contributed by atoms with Crippen molar-refractivity contribution in [3.8, 4) is 0 Å². The molecule has 150 valence electrons. The van der Waals surface area contributed by atoms with Crippen LogP contribution >= 0.6 is 0 Å². The van der Waals surface area contributed by atoms with Gasteiger partial charge in [0.25, 0.3) is 0 Å². The summed E-state index contributed by atoms with van der Waals surface area (Å²) in [6, 6.07) is 16.0. The van der Waals surface area contributed by atoms with E-state index >= 15 is 0 Å². The summed E-state index contributed by atoms with van der Waals surface area (Å²) in [5.41, 5.74) is 1.99. The van der Waals surface area contributed by atoms with Gasteiger partial charge in [-0.15, -0.1) is 0 Å². The van der Waals surface area contributed by atoms with Crippen LogP contribution in [0.15, 0.2) is 54.6 Å². The smallest absolute Gasteiger partial charge is 0.338 e. The minimum absolute atomic E-state index is 0.141. The zero-order valence-electron chi connectivity index (χ0n) is 16.2. The second-order valence-electron chi connectivity index (χ2n) is 6.11. The first-order valence-electron chi connectivity index (χ1n) is 9.51. The molecule has 0 aliphatic heterocycles. The van der Waals surface area contributed by atoms with Crippen LogP contribution in [-0.2, 0) is 14.2 Å². The van der Waals surface area contributed by atoms with Crippen LogP contribution in [-0.4, -0.2) is 44.9 Å². The Labute approximate surface area is 165 Å². The monoisotopic (exact) mass is 385 g/mol. The lowest BCUT2D eigenvalue weighted by Gasteiger charge is -2.08. The number of benzene rings is 2. The van der Waals surface area contributed by atoms with E-state index in [0.29, 0.717) is 11.1 Å². The van der Waals surface area contributed by atoms with Crippen molar-refractivity contribution in [3.05, 3.63) is 65.7 Å². The Kier molecular flexibility index (Phi) is 9.58. The van der Waals surface area contributed by atoms with Gasteiger partial charge in [-0.3, -0.25) is 0 Å². The van der Waals surface area contributed by atoms with Gasteiger partial charge in [0.15, 0.2) is 0 Å². The molecule has 0 aliphatic carbocycles. The molecule has 0 saturated heterocycles. The summed E-state index contributed by atoms with van der Waals surface area (Å²) in [4.78, 5) is 23.7. The first-order chi connectivity index (χ1) is 13.7. The molecule has 2 rings (SSSR count). The molecule has 0 unspecified atom stereocenters. The molecule has 2 aromatic rings. The minimum Gasteiger partial charge on any atom is -0.460 e. The molecule has 0 heterocycles. The number of nitrogens with one attached hydrogen (secondary N) is 1. The fourth-order valence-electron chi connectivity index (χ4n) is 2.36. The third-order valence-electron chi connectivity index (χ3n) is 3.91. The number of hydrogen-bond donors (Lipinski definition) is 1. The van der Waals surface area contributed by atoms with E-state index in [2.05, 4.69) is 12.2 Å². The average Bonchev–Trinajstić information content (AvgIpc) is 2.74. The first-order valence-corrected chi connectivity index (χ1v) is 9.51. The molecule has 6 nitrogen and oxygen atoms in total. The summed E-state index contributed by atoms with van der Waals surface area (Å²) in [5, 5.41) is 3.29. The Hall–Kier alpha value is -2.86. The molecule has 0 bridgehead atoms. The number of carbonyl (C=O) groups is 2. The van der Waals surface area contributed by atoms with E-state index in [4.69, 9.17) is 14.2 Å². The third-order valence-corrected chi connectivity index (χ3v) is 3.91. The van der Waals surface area contributed by atoms with Crippen LogP contribution in [0, 0.1) is 0 Å². The number of ether oxygens (including phenoxy) is 3. The van der Waals surface area contributed by atoms with Gasteiger partial charge in [0.05, 0.1) is 24.3 Å². The van der Waals surface area contributed by atoms with Crippen molar-refractivity contribution in [2.45, 2.75) is 19.8 Å². The van der Waals surface area contributed by atoms with Crippen LogP contribution in [0.2, 0.25) is 0 Å². The van der Waals surface area contributed by atoms with Crippen molar-refractivity contribution in [3.63, 3.8) is 0 Å². The lowest BCUT2D eigenvalue weighted by molar-refractivity contribution is 0.0151.